The molecule has 1 aliphatic carbocycles. The Morgan fingerprint density at radius 3 is 2.76 bits per heavy atom. The molecule has 0 radical (unpaired) electrons. The highest BCUT2D eigenvalue weighted by Gasteiger charge is 2.43. The zero-order valence-corrected chi connectivity index (χ0v) is 10.3. The van der Waals surface area contributed by atoms with Crippen molar-refractivity contribution in [3.05, 3.63) is 0 Å². The maximum absolute atomic E-state index is 12.1. The molecule has 1 saturated heterocycles. The summed E-state index contributed by atoms with van der Waals surface area (Å²) in [6, 6.07) is -0.153. The average Bonchev–Trinajstić information content (AvgIpc) is 2.90. The topological polar surface area (TPSA) is 81.6 Å². The monoisotopic (exact) mass is 242 g/mol. The Bertz CT molecular complexity index is 291. The second-order valence-electron chi connectivity index (χ2n) is 5.61. The van der Waals surface area contributed by atoms with Crippen LogP contribution in [0.3, 0.4) is 0 Å². The molecule has 3 atom stereocenters. The van der Waals surface area contributed by atoms with E-state index >= 15 is 0 Å². The lowest BCUT2D eigenvalue weighted by Gasteiger charge is -2.29. The number of aliphatic hydroxyl groups excluding tert-OH is 2. The maximum Gasteiger partial charge on any atom is 0.238 e. The quantitative estimate of drug-likeness (QED) is 0.522. The number of hydrogen-bond donors (Lipinski definition) is 4. The van der Waals surface area contributed by atoms with Crippen LogP contribution >= 0.6 is 0 Å². The molecule has 0 spiro atoms. The van der Waals surface area contributed by atoms with Gasteiger partial charge in [-0.1, -0.05) is 6.42 Å². The van der Waals surface area contributed by atoms with E-state index in [-0.39, 0.29) is 25.2 Å². The summed E-state index contributed by atoms with van der Waals surface area (Å²) < 4.78 is 0. The Balaban J connectivity index is 1.96. The molecule has 0 bridgehead atoms. The van der Waals surface area contributed by atoms with Gasteiger partial charge in [0.25, 0.3) is 0 Å². The first kappa shape index (κ1) is 12.8. The van der Waals surface area contributed by atoms with Gasteiger partial charge in [0.15, 0.2) is 0 Å². The van der Waals surface area contributed by atoms with Gasteiger partial charge in [-0.25, -0.2) is 0 Å². The minimum absolute atomic E-state index is 0.0926. The summed E-state index contributed by atoms with van der Waals surface area (Å²) in [7, 11) is 0. The van der Waals surface area contributed by atoms with Crippen LogP contribution in [0, 0.1) is 11.8 Å². The van der Waals surface area contributed by atoms with Crippen LogP contribution in [0.2, 0.25) is 0 Å². The standard InChI is InChI=1S/C12H22N2O3/c1-12(6-15,7-16)14-11(17)10-9-4-2-3-8(9)5-13-10/h8-10,13,15-16H,2-7H2,1H3,(H,14,17). The smallest absolute Gasteiger partial charge is 0.238 e. The summed E-state index contributed by atoms with van der Waals surface area (Å²) in [6.07, 6.45) is 3.52. The van der Waals surface area contributed by atoms with Crippen molar-refractivity contribution in [2.24, 2.45) is 11.8 Å². The van der Waals surface area contributed by atoms with Crippen LogP contribution in [-0.2, 0) is 4.79 Å². The molecule has 2 aliphatic rings. The first-order valence-electron chi connectivity index (χ1n) is 6.37. The van der Waals surface area contributed by atoms with Crippen molar-refractivity contribution in [3.63, 3.8) is 0 Å². The molecule has 98 valence electrons. The molecule has 1 saturated carbocycles. The van der Waals surface area contributed by atoms with Gasteiger partial charge in [-0.05, 0) is 38.1 Å². The molecule has 1 amide bonds. The summed E-state index contributed by atoms with van der Waals surface area (Å²) in [5.74, 6) is 0.960. The summed E-state index contributed by atoms with van der Waals surface area (Å²) >= 11 is 0. The van der Waals surface area contributed by atoms with Crippen molar-refractivity contribution in [1.29, 1.82) is 0 Å². The van der Waals surface area contributed by atoms with Gasteiger partial charge in [0.2, 0.25) is 5.91 Å². The fourth-order valence-electron chi connectivity index (χ4n) is 2.98. The first-order valence-corrected chi connectivity index (χ1v) is 6.37. The number of rotatable bonds is 4. The van der Waals surface area contributed by atoms with E-state index in [1.165, 1.54) is 12.8 Å². The molecule has 5 nitrogen and oxygen atoms in total. The van der Waals surface area contributed by atoms with E-state index in [1.54, 1.807) is 6.92 Å². The lowest BCUT2D eigenvalue weighted by atomic mass is 9.93. The van der Waals surface area contributed by atoms with Crippen LogP contribution in [0.25, 0.3) is 0 Å². The molecule has 1 heterocycles. The highest BCUT2D eigenvalue weighted by atomic mass is 16.3. The van der Waals surface area contributed by atoms with Gasteiger partial charge in [-0.3, -0.25) is 4.79 Å². The van der Waals surface area contributed by atoms with Crippen molar-refractivity contribution in [1.82, 2.24) is 10.6 Å². The molecule has 4 N–H and O–H groups in total. The molecule has 1 aliphatic heterocycles. The highest BCUT2D eigenvalue weighted by Crippen LogP contribution is 2.37. The number of fused-ring (bicyclic) bond motifs is 1. The van der Waals surface area contributed by atoms with E-state index in [9.17, 15) is 4.79 Å². The number of nitrogens with one attached hydrogen (secondary N) is 2. The van der Waals surface area contributed by atoms with Crippen LogP contribution in [-0.4, -0.2) is 47.5 Å². The second kappa shape index (κ2) is 4.92. The maximum atomic E-state index is 12.1. The van der Waals surface area contributed by atoms with E-state index in [1.807, 2.05) is 0 Å². The average molecular weight is 242 g/mol. The normalized spacial score (nSPS) is 32.5. The molecular formula is C12H22N2O3. The van der Waals surface area contributed by atoms with Gasteiger partial charge in [0, 0.05) is 0 Å². The van der Waals surface area contributed by atoms with Crippen molar-refractivity contribution in [2.75, 3.05) is 19.8 Å². The Kier molecular flexibility index (Phi) is 3.70. The minimum Gasteiger partial charge on any atom is -0.394 e. The number of carbonyl (C=O) groups excluding carboxylic acids is 1. The van der Waals surface area contributed by atoms with Crippen LogP contribution in [0.1, 0.15) is 26.2 Å². The Labute approximate surface area is 102 Å². The fraction of sp³-hybridized carbons (Fsp3) is 0.917. The summed E-state index contributed by atoms with van der Waals surface area (Å²) in [4.78, 5) is 12.1. The van der Waals surface area contributed by atoms with Crippen LogP contribution in [0.4, 0.5) is 0 Å². The van der Waals surface area contributed by atoms with E-state index in [0.717, 1.165) is 13.0 Å². The Morgan fingerprint density at radius 1 is 1.41 bits per heavy atom. The summed E-state index contributed by atoms with van der Waals surface area (Å²) in [5.41, 5.74) is -0.921. The van der Waals surface area contributed by atoms with E-state index in [2.05, 4.69) is 10.6 Å². The number of carbonyl (C=O) groups is 1. The van der Waals surface area contributed by atoms with E-state index in [0.29, 0.717) is 11.8 Å². The van der Waals surface area contributed by atoms with Gasteiger partial charge in [-0.2, -0.15) is 0 Å². The minimum atomic E-state index is -0.921. The van der Waals surface area contributed by atoms with Crippen LogP contribution in [0.5, 0.6) is 0 Å². The van der Waals surface area contributed by atoms with Gasteiger partial charge < -0.3 is 20.8 Å². The lowest BCUT2D eigenvalue weighted by Crippen LogP contribution is -2.57. The predicted molar refractivity (Wildman–Crippen MR) is 63.3 cm³/mol. The molecule has 2 rings (SSSR count). The van der Waals surface area contributed by atoms with Gasteiger partial charge in [-0.15, -0.1) is 0 Å². The highest BCUT2D eigenvalue weighted by molar-refractivity contribution is 5.83. The second-order valence-corrected chi connectivity index (χ2v) is 5.61. The summed E-state index contributed by atoms with van der Waals surface area (Å²) in [5, 5.41) is 24.3. The molecule has 3 unspecified atom stereocenters. The number of hydrogen-bond acceptors (Lipinski definition) is 4. The third kappa shape index (κ3) is 2.46. The zero-order chi connectivity index (χ0) is 12.5. The Morgan fingerprint density at radius 2 is 2.12 bits per heavy atom. The van der Waals surface area contributed by atoms with Crippen molar-refractivity contribution < 1.29 is 15.0 Å². The van der Waals surface area contributed by atoms with Crippen LogP contribution in [0.15, 0.2) is 0 Å². The van der Waals surface area contributed by atoms with Crippen LogP contribution < -0.4 is 10.6 Å². The van der Waals surface area contributed by atoms with Crippen molar-refractivity contribution in [3.8, 4) is 0 Å². The lowest BCUT2D eigenvalue weighted by molar-refractivity contribution is -0.126. The zero-order valence-electron chi connectivity index (χ0n) is 10.3. The molecule has 5 heteroatoms. The molecule has 17 heavy (non-hydrogen) atoms. The third-order valence-corrected chi connectivity index (χ3v) is 4.15. The largest absolute Gasteiger partial charge is 0.394 e. The van der Waals surface area contributed by atoms with Crippen molar-refractivity contribution >= 4 is 5.91 Å². The fourth-order valence-corrected chi connectivity index (χ4v) is 2.98. The van der Waals surface area contributed by atoms with Gasteiger partial charge in [0.1, 0.15) is 0 Å². The molecule has 2 fully saturated rings. The molecule has 0 aromatic rings. The third-order valence-electron chi connectivity index (χ3n) is 4.15. The number of aliphatic hydroxyl groups is 2. The number of amides is 1. The summed E-state index contributed by atoms with van der Waals surface area (Å²) in [6.45, 7) is 2.05. The van der Waals surface area contributed by atoms with E-state index < -0.39 is 5.54 Å². The van der Waals surface area contributed by atoms with Gasteiger partial charge >= 0.3 is 0 Å². The van der Waals surface area contributed by atoms with Gasteiger partial charge in [0.05, 0.1) is 24.8 Å². The molecule has 0 aromatic heterocycles. The van der Waals surface area contributed by atoms with Crippen molar-refractivity contribution in [2.45, 2.75) is 37.8 Å². The first-order chi connectivity index (χ1) is 8.09. The van der Waals surface area contributed by atoms with E-state index in [4.69, 9.17) is 10.2 Å². The molecular weight excluding hydrogens is 220 g/mol. The Hall–Kier alpha value is -0.650. The SMILES string of the molecule is CC(CO)(CO)NC(=O)C1NCC2CCCC21. The predicted octanol–water partition coefficient (Wildman–Crippen LogP) is -0.766. The molecule has 0 aromatic carbocycles.